The van der Waals surface area contributed by atoms with Crippen LogP contribution in [0.25, 0.3) is 0 Å². The zero-order valence-corrected chi connectivity index (χ0v) is 8.38. The van der Waals surface area contributed by atoms with E-state index in [1.807, 2.05) is 36.4 Å². The van der Waals surface area contributed by atoms with Crippen LogP contribution < -0.4 is 0 Å². The molecule has 0 unspecified atom stereocenters. The number of nitrogens with zero attached hydrogens (tertiary/aromatic N) is 3. The van der Waals surface area contributed by atoms with Crippen LogP contribution in [0.5, 0.6) is 0 Å². The van der Waals surface area contributed by atoms with Gasteiger partial charge in [0, 0.05) is 24.8 Å². The maximum absolute atomic E-state index is 8.36. The first kappa shape index (κ1) is 13.5. The molecule has 2 aromatic rings. The fraction of sp³-hybridized carbons (Fsp3) is 0. The Morgan fingerprint density at radius 2 is 1.06 bits per heavy atom. The van der Waals surface area contributed by atoms with E-state index in [2.05, 4.69) is 9.97 Å². The van der Waals surface area contributed by atoms with Gasteiger partial charge in [-0.3, -0.25) is 9.97 Å². The molecule has 0 aromatic carbocycles. The molecule has 0 bridgehead atoms. The Morgan fingerprint density at radius 1 is 0.812 bits per heavy atom. The maximum Gasteiger partial charge on any atom is 0.291 e. The first-order valence-corrected chi connectivity index (χ1v) is 4.26. The second-order valence-electron chi connectivity index (χ2n) is 2.29. The van der Waals surface area contributed by atoms with Gasteiger partial charge in [0.1, 0.15) is 0 Å². The summed E-state index contributed by atoms with van der Waals surface area (Å²) in [6.45, 7) is 0. The molecule has 0 saturated carbocycles. The Balaban J connectivity index is 0.000000217. The second-order valence-corrected chi connectivity index (χ2v) is 2.29. The molecule has 0 aliphatic carbocycles. The Morgan fingerprint density at radius 3 is 1.12 bits per heavy atom. The van der Waals surface area contributed by atoms with E-state index in [9.17, 15) is 0 Å². The summed E-state index contributed by atoms with van der Waals surface area (Å²) >= 11 is 0. The van der Waals surface area contributed by atoms with Crippen LogP contribution in [0.2, 0.25) is 0 Å². The van der Waals surface area contributed by atoms with Crippen molar-refractivity contribution in [2.45, 2.75) is 0 Å². The highest BCUT2D eigenvalue weighted by Gasteiger charge is 1.65. The molecule has 0 atom stereocenters. The quantitative estimate of drug-likeness (QED) is 0.541. The molecule has 0 spiro atoms. The molecule has 0 saturated heterocycles. The van der Waals surface area contributed by atoms with E-state index in [1.54, 1.807) is 24.8 Å². The third kappa shape index (κ3) is 14.0. The van der Waals surface area contributed by atoms with Crippen molar-refractivity contribution < 1.29 is 10.3 Å². The molecule has 2 aromatic heterocycles. The van der Waals surface area contributed by atoms with Crippen molar-refractivity contribution in [3.8, 4) is 0 Å². The van der Waals surface area contributed by atoms with Crippen LogP contribution in [0.4, 0.5) is 0 Å². The van der Waals surface area contributed by atoms with Gasteiger partial charge in [0.25, 0.3) is 5.09 Å². The van der Waals surface area contributed by atoms with Gasteiger partial charge in [0.05, 0.1) is 0 Å². The van der Waals surface area contributed by atoms with E-state index in [-0.39, 0.29) is 0 Å². The van der Waals surface area contributed by atoms with E-state index < -0.39 is 5.09 Å². The molecule has 84 valence electrons. The summed E-state index contributed by atoms with van der Waals surface area (Å²) in [4.78, 5) is 15.9. The summed E-state index contributed by atoms with van der Waals surface area (Å²) in [5.41, 5.74) is 0. The van der Waals surface area contributed by atoms with Gasteiger partial charge in [-0.15, -0.1) is 10.1 Å². The molecule has 0 aliphatic rings. The summed E-state index contributed by atoms with van der Waals surface area (Å²) in [6, 6.07) is 11.4. The van der Waals surface area contributed by atoms with Crippen LogP contribution in [0.15, 0.2) is 61.2 Å². The van der Waals surface area contributed by atoms with Gasteiger partial charge in [-0.25, -0.2) is 0 Å². The number of pyridine rings is 2. The first-order chi connectivity index (χ1) is 7.73. The normalized spacial score (nSPS) is 7.50. The topological polar surface area (TPSA) is 89.2 Å². The molecular weight excluding hydrogens is 210 g/mol. The number of hydrogen-bond donors (Lipinski definition) is 1. The number of aromatic nitrogens is 2. The maximum atomic E-state index is 8.36. The minimum Gasteiger partial charge on any atom is -0.328 e. The molecule has 2 heterocycles. The third-order valence-corrected chi connectivity index (χ3v) is 1.13. The smallest absolute Gasteiger partial charge is 0.291 e. The molecule has 0 radical (unpaired) electrons. The van der Waals surface area contributed by atoms with E-state index in [0.717, 1.165) is 0 Å². The van der Waals surface area contributed by atoms with Crippen LogP contribution in [-0.4, -0.2) is 20.3 Å². The van der Waals surface area contributed by atoms with Crippen molar-refractivity contribution in [2.75, 3.05) is 0 Å². The first-order valence-electron chi connectivity index (χ1n) is 4.26. The van der Waals surface area contributed by atoms with Gasteiger partial charge < -0.3 is 5.21 Å². The standard InChI is InChI=1S/2C5H5N.HNO3/c2*1-2-4-6-5-3-1;2-1(3)4/h2*1-5H;(H,2,3,4). The summed E-state index contributed by atoms with van der Waals surface area (Å²) in [5.74, 6) is 0. The van der Waals surface area contributed by atoms with E-state index >= 15 is 0 Å². The molecule has 6 heteroatoms. The van der Waals surface area contributed by atoms with Crippen LogP contribution in [0.3, 0.4) is 0 Å². The van der Waals surface area contributed by atoms with Gasteiger partial charge in [-0.1, -0.05) is 12.1 Å². The SMILES string of the molecule is O=[N+]([O-])O.c1ccncc1.c1ccncc1. The van der Waals surface area contributed by atoms with Crippen LogP contribution in [-0.2, 0) is 0 Å². The molecule has 6 nitrogen and oxygen atoms in total. The van der Waals surface area contributed by atoms with Crippen LogP contribution >= 0.6 is 0 Å². The average Bonchev–Trinajstić information content (AvgIpc) is 2.34. The summed E-state index contributed by atoms with van der Waals surface area (Å²) in [6.07, 6.45) is 7.00. The largest absolute Gasteiger partial charge is 0.328 e. The van der Waals surface area contributed by atoms with Crippen LogP contribution in [0, 0.1) is 10.1 Å². The van der Waals surface area contributed by atoms with E-state index in [4.69, 9.17) is 15.3 Å². The molecule has 0 aliphatic heterocycles. The highest BCUT2D eigenvalue weighted by atomic mass is 16.9. The zero-order chi connectivity index (χ0) is 12.1. The van der Waals surface area contributed by atoms with Crippen molar-refractivity contribution in [3.05, 3.63) is 71.3 Å². The fourth-order valence-corrected chi connectivity index (χ4v) is 0.625. The summed E-state index contributed by atoms with van der Waals surface area (Å²) in [5, 5.41) is 13.6. The van der Waals surface area contributed by atoms with Crippen molar-refractivity contribution in [1.82, 2.24) is 9.97 Å². The predicted octanol–water partition coefficient (Wildman–Crippen LogP) is 1.82. The Labute approximate surface area is 92.3 Å². The van der Waals surface area contributed by atoms with Crippen molar-refractivity contribution >= 4 is 0 Å². The van der Waals surface area contributed by atoms with Gasteiger partial charge in [0.2, 0.25) is 0 Å². The van der Waals surface area contributed by atoms with Crippen molar-refractivity contribution in [2.24, 2.45) is 0 Å². The highest BCUT2D eigenvalue weighted by molar-refractivity contribution is 4.88. The molecule has 2 rings (SSSR count). The lowest BCUT2D eigenvalue weighted by molar-refractivity contribution is -0.742. The van der Waals surface area contributed by atoms with Crippen molar-refractivity contribution in [3.63, 3.8) is 0 Å². The van der Waals surface area contributed by atoms with Gasteiger partial charge in [-0.2, -0.15) is 0 Å². The molecule has 16 heavy (non-hydrogen) atoms. The minimum atomic E-state index is -1.50. The molecule has 1 N–H and O–H groups in total. The summed E-state index contributed by atoms with van der Waals surface area (Å²) < 4.78 is 0. The Kier molecular flexibility index (Phi) is 8.93. The molecule has 0 amide bonds. The van der Waals surface area contributed by atoms with Crippen molar-refractivity contribution in [1.29, 1.82) is 0 Å². The van der Waals surface area contributed by atoms with Gasteiger partial charge >= 0.3 is 0 Å². The number of rotatable bonds is 0. The fourth-order valence-electron chi connectivity index (χ4n) is 0.625. The third-order valence-electron chi connectivity index (χ3n) is 1.13. The minimum absolute atomic E-state index is 1.50. The summed E-state index contributed by atoms with van der Waals surface area (Å²) in [7, 11) is 0. The number of hydrogen-bond acceptors (Lipinski definition) is 4. The lowest BCUT2D eigenvalue weighted by atomic mass is 10.5. The second kappa shape index (κ2) is 10.6. The Hall–Kier alpha value is -2.50. The van der Waals surface area contributed by atoms with Crippen LogP contribution in [0.1, 0.15) is 0 Å². The predicted molar refractivity (Wildman–Crippen MR) is 57.3 cm³/mol. The molecule has 0 fully saturated rings. The van der Waals surface area contributed by atoms with E-state index in [1.165, 1.54) is 0 Å². The lowest BCUT2D eigenvalue weighted by Crippen LogP contribution is -1.81. The van der Waals surface area contributed by atoms with E-state index in [0.29, 0.717) is 0 Å². The monoisotopic (exact) mass is 221 g/mol. The average molecular weight is 221 g/mol. The zero-order valence-electron chi connectivity index (χ0n) is 8.38. The highest BCUT2D eigenvalue weighted by Crippen LogP contribution is 1.74. The Bertz CT molecular complexity index is 267. The molecular formula is C10H11N3O3. The van der Waals surface area contributed by atoms with Gasteiger partial charge in [0.15, 0.2) is 0 Å². The van der Waals surface area contributed by atoms with Gasteiger partial charge in [-0.05, 0) is 24.3 Å². The lowest BCUT2D eigenvalue weighted by Gasteiger charge is -1.70.